The second-order valence-electron chi connectivity index (χ2n) is 5.08. The van der Waals surface area contributed by atoms with Gasteiger partial charge in [0.05, 0.1) is 0 Å². The number of aryl methyl sites for hydroxylation is 1. The molecule has 0 radical (unpaired) electrons. The molecule has 0 fully saturated rings. The summed E-state index contributed by atoms with van der Waals surface area (Å²) >= 11 is 3.54. The Labute approximate surface area is 120 Å². The Morgan fingerprint density at radius 1 is 1.00 bits per heavy atom. The monoisotopic (exact) mass is 311 g/mol. The molecule has 102 valence electrons. The molecule has 18 heavy (non-hydrogen) atoms. The predicted octanol–water partition coefficient (Wildman–Crippen LogP) is 5.21. The zero-order chi connectivity index (χ0) is 13.2. The van der Waals surface area contributed by atoms with Crippen molar-refractivity contribution in [2.45, 2.75) is 58.9 Å². The van der Waals surface area contributed by atoms with E-state index in [1.165, 1.54) is 54.1 Å². The van der Waals surface area contributed by atoms with E-state index in [1.807, 2.05) is 0 Å². The molecule has 1 nitrogen and oxygen atoms in total. The number of hydrogen-bond donors (Lipinski definition) is 1. The average Bonchev–Trinajstić information content (AvgIpc) is 2.31. The van der Waals surface area contributed by atoms with Crippen LogP contribution in [0.2, 0.25) is 0 Å². The normalized spacial score (nSPS) is 10.8. The lowest BCUT2D eigenvalue weighted by Crippen LogP contribution is -2.14. The van der Waals surface area contributed by atoms with Gasteiger partial charge in [-0.1, -0.05) is 61.0 Å². The van der Waals surface area contributed by atoms with E-state index >= 15 is 0 Å². The van der Waals surface area contributed by atoms with E-state index in [1.54, 1.807) is 0 Å². The van der Waals surface area contributed by atoms with Gasteiger partial charge in [0.2, 0.25) is 0 Å². The van der Waals surface area contributed by atoms with Crippen LogP contribution < -0.4 is 5.32 Å². The van der Waals surface area contributed by atoms with Crippen molar-refractivity contribution in [2.24, 2.45) is 0 Å². The Hall–Kier alpha value is -0.340. The fourth-order valence-electron chi connectivity index (χ4n) is 2.18. The van der Waals surface area contributed by atoms with Gasteiger partial charge >= 0.3 is 0 Å². The fourth-order valence-corrected chi connectivity index (χ4v) is 2.83. The van der Waals surface area contributed by atoms with Crippen molar-refractivity contribution in [3.8, 4) is 0 Å². The van der Waals surface area contributed by atoms with Gasteiger partial charge in [-0.3, -0.25) is 0 Å². The van der Waals surface area contributed by atoms with E-state index in [0.29, 0.717) is 0 Å². The number of hydrogen-bond acceptors (Lipinski definition) is 1. The highest BCUT2D eigenvalue weighted by Gasteiger charge is 1.96. The molecule has 0 heterocycles. The summed E-state index contributed by atoms with van der Waals surface area (Å²) < 4.78 is 1.18. The Morgan fingerprint density at radius 2 is 1.72 bits per heavy atom. The van der Waals surface area contributed by atoms with Gasteiger partial charge in [0.15, 0.2) is 0 Å². The Kier molecular flexibility index (Phi) is 8.36. The van der Waals surface area contributed by atoms with Gasteiger partial charge in [0.25, 0.3) is 0 Å². The van der Waals surface area contributed by atoms with E-state index < -0.39 is 0 Å². The summed E-state index contributed by atoms with van der Waals surface area (Å²) in [5.41, 5.74) is 2.69. The highest BCUT2D eigenvalue weighted by molar-refractivity contribution is 9.10. The molecule has 1 aromatic carbocycles. The van der Waals surface area contributed by atoms with Crippen molar-refractivity contribution in [2.75, 3.05) is 6.54 Å². The van der Waals surface area contributed by atoms with Crippen LogP contribution in [0.1, 0.15) is 56.6 Å². The maximum Gasteiger partial charge on any atom is 0.0205 e. The Bertz CT molecular complexity index is 316. The molecule has 0 saturated carbocycles. The Morgan fingerprint density at radius 3 is 2.44 bits per heavy atom. The number of benzene rings is 1. The van der Waals surface area contributed by atoms with E-state index in [0.717, 1.165) is 13.1 Å². The van der Waals surface area contributed by atoms with Gasteiger partial charge < -0.3 is 5.32 Å². The summed E-state index contributed by atoms with van der Waals surface area (Å²) in [5.74, 6) is 0. The lowest BCUT2D eigenvalue weighted by Gasteiger charge is -2.06. The SMILES string of the molecule is CCCCCCCCNCc1cc(C)cc(Br)c1. The maximum atomic E-state index is 3.54. The summed E-state index contributed by atoms with van der Waals surface area (Å²) in [6.07, 6.45) is 8.19. The van der Waals surface area contributed by atoms with Crippen molar-refractivity contribution in [1.29, 1.82) is 0 Å². The third-order valence-electron chi connectivity index (χ3n) is 3.14. The van der Waals surface area contributed by atoms with Gasteiger partial charge in [0, 0.05) is 11.0 Å². The molecule has 0 saturated heterocycles. The molecule has 1 N–H and O–H groups in total. The van der Waals surface area contributed by atoms with Gasteiger partial charge in [-0.2, -0.15) is 0 Å². The highest BCUT2D eigenvalue weighted by atomic mass is 79.9. The van der Waals surface area contributed by atoms with E-state index in [9.17, 15) is 0 Å². The highest BCUT2D eigenvalue weighted by Crippen LogP contribution is 2.15. The first-order chi connectivity index (χ1) is 8.72. The van der Waals surface area contributed by atoms with E-state index in [-0.39, 0.29) is 0 Å². The summed E-state index contributed by atoms with van der Waals surface area (Å²) in [6, 6.07) is 6.59. The molecule has 2 heteroatoms. The Balaban J connectivity index is 2.07. The topological polar surface area (TPSA) is 12.0 Å². The maximum absolute atomic E-state index is 3.54. The molecule has 0 bridgehead atoms. The molecule has 1 rings (SSSR count). The van der Waals surface area contributed by atoms with E-state index in [2.05, 4.69) is 53.3 Å². The van der Waals surface area contributed by atoms with Crippen LogP contribution in [0.25, 0.3) is 0 Å². The number of unbranched alkanes of at least 4 members (excludes halogenated alkanes) is 5. The van der Waals surface area contributed by atoms with Crippen LogP contribution in [0.4, 0.5) is 0 Å². The third kappa shape index (κ3) is 7.17. The molecule has 0 aliphatic carbocycles. The van der Waals surface area contributed by atoms with Crippen molar-refractivity contribution in [1.82, 2.24) is 5.32 Å². The van der Waals surface area contributed by atoms with Crippen molar-refractivity contribution in [3.05, 3.63) is 33.8 Å². The first-order valence-electron chi connectivity index (χ1n) is 7.19. The molecule has 0 unspecified atom stereocenters. The second kappa shape index (κ2) is 9.57. The average molecular weight is 312 g/mol. The van der Waals surface area contributed by atoms with Crippen LogP contribution in [0.5, 0.6) is 0 Å². The second-order valence-corrected chi connectivity index (χ2v) is 6.00. The van der Waals surface area contributed by atoms with Crippen LogP contribution in [0.3, 0.4) is 0 Å². The quantitative estimate of drug-likeness (QED) is 0.617. The van der Waals surface area contributed by atoms with Gasteiger partial charge in [-0.25, -0.2) is 0 Å². The molecule has 0 amide bonds. The smallest absolute Gasteiger partial charge is 0.0205 e. The minimum Gasteiger partial charge on any atom is -0.313 e. The molecule has 0 aromatic heterocycles. The third-order valence-corrected chi connectivity index (χ3v) is 3.60. The minimum atomic E-state index is 0.981. The molecule has 0 atom stereocenters. The molecule has 0 aliphatic rings. The number of halogens is 1. The molecule has 0 aliphatic heterocycles. The number of nitrogens with one attached hydrogen (secondary N) is 1. The predicted molar refractivity (Wildman–Crippen MR) is 84.0 cm³/mol. The zero-order valence-electron chi connectivity index (χ0n) is 11.8. The van der Waals surface area contributed by atoms with Crippen LogP contribution in [0, 0.1) is 6.92 Å². The van der Waals surface area contributed by atoms with Crippen molar-refractivity contribution in [3.63, 3.8) is 0 Å². The largest absolute Gasteiger partial charge is 0.313 e. The van der Waals surface area contributed by atoms with Crippen LogP contribution in [-0.4, -0.2) is 6.54 Å². The lowest BCUT2D eigenvalue weighted by molar-refractivity contribution is 0.572. The minimum absolute atomic E-state index is 0.981. The van der Waals surface area contributed by atoms with Gasteiger partial charge in [-0.05, 0) is 43.1 Å². The number of rotatable bonds is 9. The molecule has 1 aromatic rings. The first kappa shape index (κ1) is 15.7. The summed E-state index contributed by atoms with van der Waals surface area (Å²) in [5, 5.41) is 3.53. The molecular weight excluding hydrogens is 286 g/mol. The molecule has 0 spiro atoms. The zero-order valence-corrected chi connectivity index (χ0v) is 13.4. The summed E-state index contributed by atoms with van der Waals surface area (Å²) in [7, 11) is 0. The van der Waals surface area contributed by atoms with Crippen LogP contribution >= 0.6 is 15.9 Å². The van der Waals surface area contributed by atoms with Crippen LogP contribution in [-0.2, 0) is 6.54 Å². The standard InChI is InChI=1S/C16H26BrN/c1-3-4-5-6-7-8-9-18-13-15-10-14(2)11-16(17)12-15/h10-12,18H,3-9,13H2,1-2H3. The summed E-state index contributed by atoms with van der Waals surface area (Å²) in [6.45, 7) is 6.52. The summed E-state index contributed by atoms with van der Waals surface area (Å²) in [4.78, 5) is 0. The van der Waals surface area contributed by atoms with Crippen LogP contribution in [0.15, 0.2) is 22.7 Å². The fraction of sp³-hybridized carbons (Fsp3) is 0.625. The molecular formula is C16H26BrN. The lowest BCUT2D eigenvalue weighted by atomic mass is 10.1. The van der Waals surface area contributed by atoms with E-state index in [4.69, 9.17) is 0 Å². The van der Waals surface area contributed by atoms with Gasteiger partial charge in [-0.15, -0.1) is 0 Å². The van der Waals surface area contributed by atoms with Crippen molar-refractivity contribution < 1.29 is 0 Å². The van der Waals surface area contributed by atoms with Crippen molar-refractivity contribution >= 4 is 15.9 Å². The van der Waals surface area contributed by atoms with Gasteiger partial charge in [0.1, 0.15) is 0 Å². The first-order valence-corrected chi connectivity index (χ1v) is 7.98.